The van der Waals surface area contributed by atoms with Crippen LogP contribution in [-0.4, -0.2) is 61.0 Å². The second kappa shape index (κ2) is 6.57. The van der Waals surface area contributed by atoms with Crippen LogP contribution in [0, 0.1) is 5.92 Å². The molecular formula is C19H26ClN3O. The van der Waals surface area contributed by atoms with Gasteiger partial charge in [-0.25, -0.2) is 0 Å². The van der Waals surface area contributed by atoms with Crippen molar-refractivity contribution >= 4 is 23.2 Å². The summed E-state index contributed by atoms with van der Waals surface area (Å²) in [6.07, 6.45) is 4.29. The van der Waals surface area contributed by atoms with Gasteiger partial charge in [-0.3, -0.25) is 9.69 Å². The number of halogens is 1. The van der Waals surface area contributed by atoms with Crippen LogP contribution < -0.4 is 4.90 Å². The quantitative estimate of drug-likeness (QED) is 0.823. The number of likely N-dealkylation sites (tertiary alicyclic amines) is 2. The molecule has 0 aromatic heterocycles. The Morgan fingerprint density at radius 1 is 1.12 bits per heavy atom. The third-order valence-electron chi connectivity index (χ3n) is 6.21. The first-order valence-electron chi connectivity index (χ1n) is 9.12. The smallest absolute Gasteiger partial charge is 0.222 e. The number of fused-ring (bicyclic) bond motifs is 1. The van der Waals surface area contributed by atoms with Crippen LogP contribution in [0.3, 0.4) is 0 Å². The summed E-state index contributed by atoms with van der Waals surface area (Å²) in [6.45, 7) is 4.42. The van der Waals surface area contributed by atoms with Gasteiger partial charge in [-0.15, -0.1) is 0 Å². The molecule has 1 aromatic rings. The molecule has 1 amide bonds. The second-order valence-corrected chi connectivity index (χ2v) is 7.95. The number of amides is 1. The van der Waals surface area contributed by atoms with E-state index in [1.54, 1.807) is 0 Å². The molecule has 0 unspecified atom stereocenters. The maximum Gasteiger partial charge on any atom is 0.222 e. The minimum Gasteiger partial charge on any atom is -0.371 e. The van der Waals surface area contributed by atoms with Crippen molar-refractivity contribution in [1.82, 2.24) is 9.80 Å². The molecule has 0 bridgehead atoms. The maximum absolute atomic E-state index is 11.9. The molecule has 3 fully saturated rings. The van der Waals surface area contributed by atoms with E-state index >= 15 is 0 Å². The summed E-state index contributed by atoms with van der Waals surface area (Å²) in [5.41, 5.74) is 1.24. The van der Waals surface area contributed by atoms with Gasteiger partial charge in [0.05, 0.1) is 0 Å². The van der Waals surface area contributed by atoms with Crippen molar-refractivity contribution < 1.29 is 4.79 Å². The van der Waals surface area contributed by atoms with Crippen LogP contribution in [0.25, 0.3) is 0 Å². The molecule has 3 aliphatic heterocycles. The topological polar surface area (TPSA) is 26.8 Å². The van der Waals surface area contributed by atoms with E-state index in [4.69, 9.17) is 11.6 Å². The van der Waals surface area contributed by atoms with Crippen LogP contribution in [0.1, 0.15) is 25.7 Å². The van der Waals surface area contributed by atoms with E-state index in [2.05, 4.69) is 21.9 Å². The number of anilines is 1. The molecule has 4 rings (SSSR count). The molecule has 2 atom stereocenters. The van der Waals surface area contributed by atoms with Gasteiger partial charge in [0.15, 0.2) is 0 Å². The molecule has 0 spiro atoms. The number of hydrogen-bond acceptors (Lipinski definition) is 3. The van der Waals surface area contributed by atoms with Gasteiger partial charge in [0.25, 0.3) is 0 Å². The van der Waals surface area contributed by atoms with Crippen molar-refractivity contribution in [2.24, 2.45) is 5.92 Å². The highest BCUT2D eigenvalue weighted by Crippen LogP contribution is 2.34. The zero-order valence-electron chi connectivity index (χ0n) is 14.3. The first-order valence-corrected chi connectivity index (χ1v) is 9.50. The minimum atomic E-state index is 0.336. The first kappa shape index (κ1) is 16.2. The summed E-state index contributed by atoms with van der Waals surface area (Å²) in [7, 11) is 1.98. The van der Waals surface area contributed by atoms with E-state index in [9.17, 15) is 4.79 Å². The third kappa shape index (κ3) is 3.02. The Balaban J connectivity index is 1.34. The van der Waals surface area contributed by atoms with Crippen molar-refractivity contribution in [3.63, 3.8) is 0 Å². The summed E-state index contributed by atoms with van der Waals surface area (Å²) in [5, 5.41) is 0.812. The van der Waals surface area contributed by atoms with Gasteiger partial charge in [-0.2, -0.15) is 0 Å². The van der Waals surface area contributed by atoms with Gasteiger partial charge < -0.3 is 9.80 Å². The van der Waals surface area contributed by atoms with Gasteiger partial charge in [0.2, 0.25) is 5.91 Å². The Bertz CT molecular complexity index is 614. The van der Waals surface area contributed by atoms with E-state index in [1.807, 2.05) is 24.1 Å². The third-order valence-corrected chi connectivity index (χ3v) is 6.44. The van der Waals surface area contributed by atoms with E-state index in [1.165, 1.54) is 18.5 Å². The molecule has 24 heavy (non-hydrogen) atoms. The van der Waals surface area contributed by atoms with Crippen molar-refractivity contribution in [3.05, 3.63) is 29.3 Å². The average molecular weight is 348 g/mol. The molecule has 5 heteroatoms. The molecule has 3 saturated heterocycles. The number of nitrogens with zero attached hydrogens (tertiary/aromatic N) is 3. The van der Waals surface area contributed by atoms with E-state index < -0.39 is 0 Å². The standard InChI is InChI=1S/C19H26ClN3O/c1-21-18-7-10-23(13-14(18)11-19(21)24)16-5-8-22(9-6-16)17-4-2-3-15(20)12-17/h2-4,12,14,16,18H,5-11,13H2,1H3/t14-,18+/m1/s1. The predicted molar refractivity (Wildman–Crippen MR) is 97.5 cm³/mol. The number of piperidine rings is 2. The largest absolute Gasteiger partial charge is 0.371 e. The molecule has 3 heterocycles. The Labute approximate surface area is 149 Å². The highest BCUT2D eigenvalue weighted by molar-refractivity contribution is 6.30. The van der Waals surface area contributed by atoms with Crippen molar-refractivity contribution in [1.29, 1.82) is 0 Å². The van der Waals surface area contributed by atoms with Crippen LogP contribution in [0.15, 0.2) is 24.3 Å². The Hall–Kier alpha value is -1.26. The summed E-state index contributed by atoms with van der Waals surface area (Å²) in [5.74, 6) is 0.879. The monoisotopic (exact) mass is 347 g/mol. The summed E-state index contributed by atoms with van der Waals surface area (Å²) in [4.78, 5) is 19.0. The predicted octanol–water partition coefficient (Wildman–Crippen LogP) is 2.86. The van der Waals surface area contributed by atoms with Gasteiger partial charge >= 0.3 is 0 Å². The summed E-state index contributed by atoms with van der Waals surface area (Å²) >= 11 is 6.12. The molecule has 0 N–H and O–H groups in total. The van der Waals surface area contributed by atoms with Gasteiger partial charge in [-0.1, -0.05) is 17.7 Å². The molecule has 130 valence electrons. The lowest BCUT2D eigenvalue weighted by atomic mass is 9.90. The van der Waals surface area contributed by atoms with E-state index in [-0.39, 0.29) is 0 Å². The van der Waals surface area contributed by atoms with Gasteiger partial charge in [-0.05, 0) is 37.5 Å². The van der Waals surface area contributed by atoms with Crippen LogP contribution in [0.5, 0.6) is 0 Å². The molecule has 0 saturated carbocycles. The number of carbonyl (C=O) groups excluding carboxylic acids is 1. The molecule has 4 nitrogen and oxygen atoms in total. The Kier molecular flexibility index (Phi) is 4.44. The highest BCUT2D eigenvalue weighted by Gasteiger charge is 2.42. The fraction of sp³-hybridized carbons (Fsp3) is 0.632. The minimum absolute atomic E-state index is 0.336. The number of rotatable bonds is 2. The van der Waals surface area contributed by atoms with Crippen LogP contribution in [0.2, 0.25) is 5.02 Å². The lowest BCUT2D eigenvalue weighted by molar-refractivity contribution is -0.127. The van der Waals surface area contributed by atoms with Crippen molar-refractivity contribution in [2.75, 3.05) is 38.1 Å². The van der Waals surface area contributed by atoms with E-state index in [0.717, 1.165) is 44.0 Å². The molecule has 1 aromatic carbocycles. The highest BCUT2D eigenvalue weighted by atomic mass is 35.5. The van der Waals surface area contributed by atoms with E-state index in [0.29, 0.717) is 23.9 Å². The van der Waals surface area contributed by atoms with Crippen LogP contribution in [0.4, 0.5) is 5.69 Å². The summed E-state index contributed by atoms with van der Waals surface area (Å²) in [6, 6.07) is 9.33. The molecular weight excluding hydrogens is 322 g/mol. The van der Waals surface area contributed by atoms with Crippen molar-refractivity contribution in [3.8, 4) is 0 Å². The van der Waals surface area contributed by atoms with Crippen LogP contribution in [-0.2, 0) is 4.79 Å². The molecule has 0 radical (unpaired) electrons. The Morgan fingerprint density at radius 3 is 2.67 bits per heavy atom. The number of hydrogen-bond donors (Lipinski definition) is 0. The normalized spacial score (nSPS) is 29.2. The molecule has 0 aliphatic carbocycles. The van der Waals surface area contributed by atoms with Gasteiger partial charge in [0, 0.05) is 68.4 Å². The maximum atomic E-state index is 11.9. The Morgan fingerprint density at radius 2 is 1.92 bits per heavy atom. The van der Waals surface area contributed by atoms with Crippen LogP contribution >= 0.6 is 11.6 Å². The second-order valence-electron chi connectivity index (χ2n) is 7.52. The number of carbonyl (C=O) groups is 1. The van der Waals surface area contributed by atoms with Gasteiger partial charge in [0.1, 0.15) is 0 Å². The average Bonchev–Trinajstić information content (AvgIpc) is 2.89. The zero-order valence-corrected chi connectivity index (χ0v) is 15.1. The zero-order chi connectivity index (χ0) is 16.7. The fourth-order valence-electron chi connectivity index (χ4n) is 4.81. The summed E-state index contributed by atoms with van der Waals surface area (Å²) < 4.78 is 0. The fourth-order valence-corrected chi connectivity index (χ4v) is 4.99. The molecule has 3 aliphatic rings. The van der Waals surface area contributed by atoms with Crippen molar-refractivity contribution in [2.45, 2.75) is 37.8 Å². The lowest BCUT2D eigenvalue weighted by Crippen LogP contribution is -2.52. The first-order chi connectivity index (χ1) is 11.6. The lowest BCUT2D eigenvalue weighted by Gasteiger charge is -2.44. The SMILES string of the molecule is CN1C(=O)C[C@@H]2CN(C3CCN(c4cccc(Cl)c4)CC3)CC[C@@H]21. The number of benzene rings is 1.